The van der Waals surface area contributed by atoms with E-state index in [0.29, 0.717) is 46.8 Å². The Morgan fingerprint density at radius 2 is 1.93 bits per heavy atom. The number of carbonyl (C=O) groups excluding carboxylic acids is 1. The van der Waals surface area contributed by atoms with Crippen molar-refractivity contribution in [2.45, 2.75) is 12.3 Å². The Morgan fingerprint density at radius 1 is 1.07 bits per heavy atom. The Kier molecular flexibility index (Phi) is 4.42. The van der Waals surface area contributed by atoms with Crippen LogP contribution < -0.4 is 23.8 Å². The van der Waals surface area contributed by atoms with E-state index in [1.165, 1.54) is 0 Å². The number of aromatic nitrogens is 2. The molecule has 3 aromatic rings. The molecule has 154 valence electrons. The van der Waals surface area contributed by atoms with Gasteiger partial charge in [0.15, 0.2) is 11.5 Å². The lowest BCUT2D eigenvalue weighted by atomic mass is 10.1. The quantitative estimate of drug-likeness (QED) is 0.635. The fraction of sp³-hybridized carbons (Fsp3) is 0.286. The molecule has 0 bridgehead atoms. The maximum absolute atomic E-state index is 12.6. The number of rotatable bonds is 5. The fourth-order valence-electron chi connectivity index (χ4n) is 3.67. The highest BCUT2D eigenvalue weighted by Crippen LogP contribution is 2.39. The summed E-state index contributed by atoms with van der Waals surface area (Å²) in [5, 5.41) is 4.09. The molecule has 1 fully saturated rings. The van der Waals surface area contributed by atoms with Crippen LogP contribution in [0.4, 0.5) is 5.69 Å². The number of methoxy groups -OCH3 is 2. The minimum Gasteiger partial charge on any atom is -0.497 e. The van der Waals surface area contributed by atoms with Gasteiger partial charge in [0.05, 0.1) is 25.7 Å². The van der Waals surface area contributed by atoms with Crippen molar-refractivity contribution in [1.29, 1.82) is 0 Å². The van der Waals surface area contributed by atoms with Gasteiger partial charge in [-0.2, -0.15) is 4.98 Å². The van der Waals surface area contributed by atoms with E-state index < -0.39 is 0 Å². The number of ether oxygens (including phenoxy) is 4. The molecule has 0 N–H and O–H groups in total. The van der Waals surface area contributed by atoms with E-state index in [4.69, 9.17) is 23.5 Å². The maximum atomic E-state index is 12.6. The molecule has 5 rings (SSSR count). The van der Waals surface area contributed by atoms with Crippen LogP contribution in [0.25, 0.3) is 11.4 Å². The molecule has 0 aliphatic carbocycles. The lowest BCUT2D eigenvalue weighted by Crippen LogP contribution is -2.24. The van der Waals surface area contributed by atoms with Crippen LogP contribution >= 0.6 is 0 Å². The molecule has 1 amide bonds. The first kappa shape index (κ1) is 18.3. The molecule has 30 heavy (non-hydrogen) atoms. The third kappa shape index (κ3) is 3.08. The molecule has 2 aromatic carbocycles. The fourth-order valence-corrected chi connectivity index (χ4v) is 3.67. The molecular formula is C21H19N3O6. The van der Waals surface area contributed by atoms with Crippen LogP contribution in [0.15, 0.2) is 40.9 Å². The summed E-state index contributed by atoms with van der Waals surface area (Å²) < 4.78 is 26.9. The normalized spacial score (nSPS) is 17.5. The number of hydrogen-bond donors (Lipinski definition) is 0. The zero-order valence-electron chi connectivity index (χ0n) is 16.5. The first-order valence-corrected chi connectivity index (χ1v) is 9.42. The van der Waals surface area contributed by atoms with Crippen LogP contribution in [0.5, 0.6) is 23.0 Å². The molecule has 0 radical (unpaired) electrons. The average Bonchev–Trinajstić information content (AvgIpc) is 3.51. The van der Waals surface area contributed by atoms with Crippen molar-refractivity contribution in [2.75, 3.05) is 32.5 Å². The molecule has 9 heteroatoms. The van der Waals surface area contributed by atoms with Gasteiger partial charge >= 0.3 is 0 Å². The van der Waals surface area contributed by atoms with Gasteiger partial charge < -0.3 is 28.4 Å². The topological polar surface area (TPSA) is 96.2 Å². The molecular weight excluding hydrogens is 390 g/mol. The highest BCUT2D eigenvalue weighted by Gasteiger charge is 2.36. The molecule has 1 atom stereocenters. The molecule has 2 aliphatic rings. The molecule has 2 aliphatic heterocycles. The Balaban J connectivity index is 1.38. The third-order valence-electron chi connectivity index (χ3n) is 5.23. The van der Waals surface area contributed by atoms with Gasteiger partial charge in [0.2, 0.25) is 24.4 Å². The van der Waals surface area contributed by atoms with Gasteiger partial charge in [0.25, 0.3) is 0 Å². The van der Waals surface area contributed by atoms with Gasteiger partial charge in [0, 0.05) is 30.8 Å². The number of benzene rings is 2. The minimum absolute atomic E-state index is 0.0133. The lowest BCUT2D eigenvalue weighted by Gasteiger charge is -2.16. The summed E-state index contributed by atoms with van der Waals surface area (Å²) in [5.74, 6) is 3.16. The van der Waals surface area contributed by atoms with Crippen molar-refractivity contribution >= 4 is 11.6 Å². The van der Waals surface area contributed by atoms with Crippen molar-refractivity contribution < 1.29 is 28.3 Å². The highest BCUT2D eigenvalue weighted by molar-refractivity contribution is 5.96. The average molecular weight is 409 g/mol. The summed E-state index contributed by atoms with van der Waals surface area (Å²) in [6.45, 7) is 0.634. The molecule has 1 saturated heterocycles. The first-order chi connectivity index (χ1) is 14.7. The number of carbonyl (C=O) groups is 1. The van der Waals surface area contributed by atoms with Crippen LogP contribution in [0.3, 0.4) is 0 Å². The number of fused-ring (bicyclic) bond motifs is 1. The Morgan fingerprint density at radius 3 is 2.77 bits per heavy atom. The number of anilines is 1. The zero-order chi connectivity index (χ0) is 20.7. The second kappa shape index (κ2) is 7.25. The summed E-state index contributed by atoms with van der Waals surface area (Å²) in [4.78, 5) is 18.9. The van der Waals surface area contributed by atoms with Crippen molar-refractivity contribution in [3.63, 3.8) is 0 Å². The number of nitrogens with zero attached hydrogens (tertiary/aromatic N) is 3. The summed E-state index contributed by atoms with van der Waals surface area (Å²) >= 11 is 0. The molecule has 0 saturated carbocycles. The van der Waals surface area contributed by atoms with Gasteiger partial charge in [-0.1, -0.05) is 5.16 Å². The van der Waals surface area contributed by atoms with Gasteiger partial charge in [0.1, 0.15) is 11.5 Å². The van der Waals surface area contributed by atoms with Gasteiger partial charge in [-0.25, -0.2) is 0 Å². The largest absolute Gasteiger partial charge is 0.497 e. The van der Waals surface area contributed by atoms with E-state index in [2.05, 4.69) is 10.1 Å². The second-order valence-electron chi connectivity index (χ2n) is 6.97. The summed E-state index contributed by atoms with van der Waals surface area (Å²) in [5.41, 5.74) is 1.44. The van der Waals surface area contributed by atoms with E-state index in [1.54, 1.807) is 37.3 Å². The van der Waals surface area contributed by atoms with E-state index in [0.717, 1.165) is 5.69 Å². The zero-order valence-corrected chi connectivity index (χ0v) is 16.5. The smallest absolute Gasteiger partial charge is 0.232 e. The van der Waals surface area contributed by atoms with E-state index in [-0.39, 0.29) is 25.0 Å². The summed E-state index contributed by atoms with van der Waals surface area (Å²) in [7, 11) is 3.15. The Bertz CT molecular complexity index is 1110. The van der Waals surface area contributed by atoms with E-state index in [1.807, 2.05) is 18.2 Å². The van der Waals surface area contributed by atoms with Crippen molar-refractivity contribution in [1.82, 2.24) is 10.1 Å². The number of amides is 1. The monoisotopic (exact) mass is 409 g/mol. The molecule has 1 aromatic heterocycles. The predicted molar refractivity (Wildman–Crippen MR) is 105 cm³/mol. The molecule has 9 nitrogen and oxygen atoms in total. The van der Waals surface area contributed by atoms with Crippen molar-refractivity contribution in [3.05, 3.63) is 42.3 Å². The lowest BCUT2D eigenvalue weighted by molar-refractivity contribution is -0.117. The van der Waals surface area contributed by atoms with Crippen LogP contribution in [-0.4, -0.2) is 43.6 Å². The summed E-state index contributed by atoms with van der Waals surface area (Å²) in [6, 6.07) is 10.8. The van der Waals surface area contributed by atoms with Crippen LogP contribution in [0, 0.1) is 0 Å². The first-order valence-electron chi connectivity index (χ1n) is 9.42. The van der Waals surface area contributed by atoms with E-state index in [9.17, 15) is 4.79 Å². The van der Waals surface area contributed by atoms with Gasteiger partial charge in [-0.05, 0) is 24.3 Å². The number of hydrogen-bond acceptors (Lipinski definition) is 8. The SMILES string of the molecule is COc1ccc(-c2noc([C@H]3CC(=O)N(c4ccc5c(c4)OCO5)C3)n2)c(OC)c1. The molecule has 3 heterocycles. The minimum atomic E-state index is -0.201. The third-order valence-corrected chi connectivity index (χ3v) is 5.23. The van der Waals surface area contributed by atoms with Crippen LogP contribution in [0.2, 0.25) is 0 Å². The molecule has 0 unspecified atom stereocenters. The van der Waals surface area contributed by atoms with Crippen molar-refractivity contribution in [2.24, 2.45) is 0 Å². The Hall–Kier alpha value is -3.75. The summed E-state index contributed by atoms with van der Waals surface area (Å²) in [6.07, 6.45) is 0.288. The van der Waals surface area contributed by atoms with Gasteiger partial charge in [-0.3, -0.25) is 4.79 Å². The molecule has 0 spiro atoms. The Labute approximate surface area is 172 Å². The standard InChI is InChI=1S/C21H19N3O6/c1-26-14-4-5-15(17(9-14)27-2)20-22-21(30-23-20)12-7-19(25)24(10-12)13-3-6-16-18(8-13)29-11-28-16/h3-6,8-9,12H,7,10-11H2,1-2H3/t12-/m0/s1. The highest BCUT2D eigenvalue weighted by atomic mass is 16.7. The van der Waals surface area contributed by atoms with Gasteiger partial charge in [-0.15, -0.1) is 0 Å². The predicted octanol–water partition coefficient (Wildman–Crippen LogP) is 3.00. The van der Waals surface area contributed by atoms with Crippen molar-refractivity contribution in [3.8, 4) is 34.4 Å². The van der Waals surface area contributed by atoms with Crippen LogP contribution in [-0.2, 0) is 4.79 Å². The van der Waals surface area contributed by atoms with Crippen LogP contribution in [0.1, 0.15) is 18.2 Å². The second-order valence-corrected chi connectivity index (χ2v) is 6.97. The maximum Gasteiger partial charge on any atom is 0.232 e. The van der Waals surface area contributed by atoms with E-state index >= 15 is 0 Å².